The molecule has 0 saturated carbocycles. The smallest absolute Gasteiger partial charge is 0.236 e. The van der Waals surface area contributed by atoms with E-state index < -0.39 is 0 Å². The summed E-state index contributed by atoms with van der Waals surface area (Å²) in [5.41, 5.74) is 0. The number of halogens is 1. The van der Waals surface area contributed by atoms with Crippen molar-refractivity contribution in [2.45, 2.75) is 38.9 Å². The van der Waals surface area contributed by atoms with Crippen LogP contribution >= 0.6 is 15.9 Å². The lowest BCUT2D eigenvalue weighted by Gasteiger charge is -2.36. The number of carbonyl (C=O) groups is 1. The molecule has 0 aromatic carbocycles. The summed E-state index contributed by atoms with van der Waals surface area (Å²) < 4.78 is 0. The third-order valence-corrected chi connectivity index (χ3v) is 4.45. The van der Waals surface area contributed by atoms with Crippen molar-refractivity contribution in [1.82, 2.24) is 4.90 Å². The zero-order valence-electron chi connectivity index (χ0n) is 10.2. The second-order valence-electron chi connectivity index (χ2n) is 5.34. The summed E-state index contributed by atoms with van der Waals surface area (Å²) in [7, 11) is 0. The van der Waals surface area contributed by atoms with Gasteiger partial charge in [0, 0.05) is 13.1 Å². The molecule has 0 bridgehead atoms. The Kier molecular flexibility index (Phi) is 4.63. The predicted molar refractivity (Wildman–Crippen MR) is 67.1 cm³/mol. The molecule has 1 fully saturated rings. The maximum absolute atomic E-state index is 12.1. The zero-order chi connectivity index (χ0) is 11.6. The van der Waals surface area contributed by atoms with Gasteiger partial charge in [-0.05, 0) is 24.2 Å². The summed E-state index contributed by atoms with van der Waals surface area (Å²) in [6.07, 6.45) is 1.25. The zero-order valence-corrected chi connectivity index (χ0v) is 11.8. The average molecular weight is 276 g/mol. The quantitative estimate of drug-likeness (QED) is 0.710. The van der Waals surface area contributed by atoms with Gasteiger partial charge < -0.3 is 4.90 Å². The standard InChI is InChI=1S/C12H22BrNO/c1-8(2)11(13)12(15)14-6-9(3)5-10(4)7-14/h8-11H,5-7H2,1-4H3/t9-,10+,11-/m1/s1. The summed E-state index contributed by atoms with van der Waals surface area (Å²) in [6.45, 7) is 10.5. The van der Waals surface area contributed by atoms with E-state index in [1.807, 2.05) is 4.90 Å². The van der Waals surface area contributed by atoms with E-state index in [-0.39, 0.29) is 10.7 Å². The first kappa shape index (κ1) is 13.0. The van der Waals surface area contributed by atoms with Crippen molar-refractivity contribution in [2.75, 3.05) is 13.1 Å². The van der Waals surface area contributed by atoms with Crippen LogP contribution in [0.3, 0.4) is 0 Å². The van der Waals surface area contributed by atoms with Gasteiger partial charge in [0.1, 0.15) is 0 Å². The first-order valence-electron chi connectivity index (χ1n) is 5.84. The van der Waals surface area contributed by atoms with Crippen LogP contribution < -0.4 is 0 Å². The molecule has 2 nitrogen and oxygen atoms in total. The van der Waals surface area contributed by atoms with Crippen molar-refractivity contribution in [2.24, 2.45) is 17.8 Å². The minimum absolute atomic E-state index is 0.0185. The number of likely N-dealkylation sites (tertiary alicyclic amines) is 1. The molecule has 0 spiro atoms. The third-order valence-electron chi connectivity index (χ3n) is 3.00. The van der Waals surface area contributed by atoms with Crippen LogP contribution in [0.4, 0.5) is 0 Å². The summed E-state index contributed by atoms with van der Waals surface area (Å²) in [4.78, 5) is 14.1. The molecule has 1 amide bonds. The van der Waals surface area contributed by atoms with Crippen LogP contribution in [-0.4, -0.2) is 28.7 Å². The molecule has 3 atom stereocenters. The van der Waals surface area contributed by atoms with E-state index in [4.69, 9.17) is 0 Å². The van der Waals surface area contributed by atoms with Gasteiger partial charge in [0.2, 0.25) is 5.91 Å². The highest BCUT2D eigenvalue weighted by atomic mass is 79.9. The summed E-state index contributed by atoms with van der Waals surface area (Å²) in [5.74, 6) is 1.92. The number of hydrogen-bond acceptors (Lipinski definition) is 1. The highest BCUT2D eigenvalue weighted by Gasteiger charge is 2.29. The molecule has 0 aliphatic carbocycles. The van der Waals surface area contributed by atoms with Gasteiger partial charge in [0.05, 0.1) is 4.83 Å². The van der Waals surface area contributed by atoms with Crippen molar-refractivity contribution < 1.29 is 4.79 Å². The molecule has 0 radical (unpaired) electrons. The van der Waals surface area contributed by atoms with E-state index in [9.17, 15) is 4.79 Å². The molecular weight excluding hydrogens is 254 g/mol. The van der Waals surface area contributed by atoms with Crippen molar-refractivity contribution in [3.63, 3.8) is 0 Å². The summed E-state index contributed by atoms with van der Waals surface area (Å²) in [6, 6.07) is 0. The Morgan fingerprint density at radius 2 is 1.73 bits per heavy atom. The lowest BCUT2D eigenvalue weighted by atomic mass is 9.91. The monoisotopic (exact) mass is 275 g/mol. The fourth-order valence-corrected chi connectivity index (χ4v) is 2.59. The number of piperidine rings is 1. The van der Waals surface area contributed by atoms with E-state index >= 15 is 0 Å². The van der Waals surface area contributed by atoms with Crippen LogP contribution in [0.25, 0.3) is 0 Å². The Morgan fingerprint density at radius 1 is 1.27 bits per heavy atom. The second-order valence-corrected chi connectivity index (χ2v) is 6.32. The molecule has 1 rings (SSSR count). The minimum atomic E-state index is -0.0185. The normalized spacial score (nSPS) is 29.3. The lowest BCUT2D eigenvalue weighted by Crippen LogP contribution is -2.46. The van der Waals surface area contributed by atoms with Crippen LogP contribution in [0.5, 0.6) is 0 Å². The highest BCUT2D eigenvalue weighted by molar-refractivity contribution is 9.10. The first-order chi connectivity index (χ1) is 6.91. The van der Waals surface area contributed by atoms with Crippen molar-refractivity contribution in [3.8, 4) is 0 Å². The molecule has 1 heterocycles. The van der Waals surface area contributed by atoms with Crippen LogP contribution in [0.15, 0.2) is 0 Å². The molecule has 1 saturated heterocycles. The molecule has 1 aliphatic heterocycles. The first-order valence-corrected chi connectivity index (χ1v) is 6.76. The Hall–Kier alpha value is -0.0500. The third kappa shape index (κ3) is 3.47. The van der Waals surface area contributed by atoms with E-state index in [1.54, 1.807) is 0 Å². The largest absolute Gasteiger partial charge is 0.341 e. The topological polar surface area (TPSA) is 20.3 Å². The van der Waals surface area contributed by atoms with Gasteiger partial charge in [-0.1, -0.05) is 43.6 Å². The Morgan fingerprint density at radius 3 is 2.13 bits per heavy atom. The predicted octanol–water partition coefficient (Wildman–Crippen LogP) is 2.91. The van der Waals surface area contributed by atoms with Gasteiger partial charge >= 0.3 is 0 Å². The van der Waals surface area contributed by atoms with E-state index in [0.29, 0.717) is 17.8 Å². The summed E-state index contributed by atoms with van der Waals surface area (Å²) in [5, 5.41) is 0. The Balaban J connectivity index is 2.59. The van der Waals surface area contributed by atoms with Gasteiger partial charge in [-0.2, -0.15) is 0 Å². The minimum Gasteiger partial charge on any atom is -0.341 e. The fraction of sp³-hybridized carbons (Fsp3) is 0.917. The van der Waals surface area contributed by atoms with Crippen LogP contribution in [0.2, 0.25) is 0 Å². The lowest BCUT2D eigenvalue weighted by molar-refractivity contribution is -0.133. The van der Waals surface area contributed by atoms with Crippen molar-refractivity contribution >= 4 is 21.8 Å². The molecule has 0 unspecified atom stereocenters. The highest BCUT2D eigenvalue weighted by Crippen LogP contribution is 2.24. The molecule has 0 N–H and O–H groups in total. The second kappa shape index (κ2) is 5.33. The van der Waals surface area contributed by atoms with Crippen LogP contribution in [0.1, 0.15) is 34.1 Å². The molecule has 0 aromatic heterocycles. The van der Waals surface area contributed by atoms with Gasteiger partial charge in [-0.3, -0.25) is 4.79 Å². The van der Waals surface area contributed by atoms with Gasteiger partial charge in [-0.25, -0.2) is 0 Å². The number of nitrogens with zero attached hydrogens (tertiary/aromatic N) is 1. The summed E-state index contributed by atoms with van der Waals surface area (Å²) >= 11 is 3.49. The molecule has 0 aromatic rings. The van der Waals surface area contributed by atoms with Crippen molar-refractivity contribution in [3.05, 3.63) is 0 Å². The van der Waals surface area contributed by atoms with E-state index in [0.717, 1.165) is 13.1 Å². The number of amides is 1. The van der Waals surface area contributed by atoms with Crippen LogP contribution in [-0.2, 0) is 4.79 Å². The number of hydrogen-bond donors (Lipinski definition) is 0. The number of alkyl halides is 1. The van der Waals surface area contributed by atoms with E-state index in [2.05, 4.69) is 43.6 Å². The number of carbonyl (C=O) groups excluding carboxylic acids is 1. The molecule has 15 heavy (non-hydrogen) atoms. The van der Waals surface area contributed by atoms with Gasteiger partial charge in [-0.15, -0.1) is 0 Å². The maximum Gasteiger partial charge on any atom is 0.236 e. The Bertz CT molecular complexity index is 220. The molecule has 3 heteroatoms. The van der Waals surface area contributed by atoms with Gasteiger partial charge in [0.25, 0.3) is 0 Å². The average Bonchev–Trinajstić information content (AvgIpc) is 2.13. The number of rotatable bonds is 2. The Labute approximate surface area is 102 Å². The molecule has 88 valence electrons. The molecule has 1 aliphatic rings. The maximum atomic E-state index is 12.1. The van der Waals surface area contributed by atoms with E-state index in [1.165, 1.54) is 6.42 Å². The van der Waals surface area contributed by atoms with Crippen LogP contribution in [0, 0.1) is 17.8 Å². The fourth-order valence-electron chi connectivity index (χ4n) is 2.30. The SMILES string of the molecule is CC(C)[C@@H](Br)C(=O)N1C[C@H](C)C[C@H](C)C1. The van der Waals surface area contributed by atoms with Gasteiger partial charge in [0.15, 0.2) is 0 Å². The van der Waals surface area contributed by atoms with Crippen molar-refractivity contribution in [1.29, 1.82) is 0 Å². The molecular formula is C12H22BrNO.